The molecule has 1 aromatic carbocycles. The number of nitrogens with two attached hydrogens (primary N) is 1. The van der Waals surface area contributed by atoms with E-state index in [1.54, 1.807) is 0 Å². The molecule has 0 aromatic heterocycles. The van der Waals surface area contributed by atoms with Crippen LogP contribution in [-0.4, -0.2) is 6.04 Å². The Morgan fingerprint density at radius 2 is 1.59 bits per heavy atom. The van der Waals surface area contributed by atoms with Crippen LogP contribution < -0.4 is 5.73 Å². The molecular weight excluding hydrogens is 206 g/mol. The molecule has 0 bridgehead atoms. The van der Waals surface area contributed by atoms with Gasteiger partial charge in [0, 0.05) is 6.04 Å². The monoisotopic (exact) mass is 233 g/mol. The van der Waals surface area contributed by atoms with Crippen LogP contribution in [0.25, 0.3) is 0 Å². The smallest absolute Gasteiger partial charge is 0.0289 e. The van der Waals surface area contributed by atoms with Crippen molar-refractivity contribution in [3.63, 3.8) is 0 Å². The summed E-state index contributed by atoms with van der Waals surface area (Å²) in [7, 11) is 0. The van der Waals surface area contributed by atoms with Crippen LogP contribution in [0.3, 0.4) is 0 Å². The van der Waals surface area contributed by atoms with Gasteiger partial charge in [0.1, 0.15) is 0 Å². The molecule has 1 rings (SSSR count). The normalized spacial score (nSPS) is 10.1. The van der Waals surface area contributed by atoms with Crippen LogP contribution in [-0.2, 0) is 6.42 Å². The van der Waals surface area contributed by atoms with E-state index in [4.69, 9.17) is 5.73 Å². The fourth-order valence-corrected chi connectivity index (χ4v) is 1.04. The first-order chi connectivity index (χ1) is 8.11. The highest BCUT2D eigenvalue weighted by Gasteiger charge is 2.02. The maximum atomic E-state index is 5.85. The van der Waals surface area contributed by atoms with Crippen molar-refractivity contribution < 1.29 is 0 Å². The average Bonchev–Trinajstić information content (AvgIpc) is 2.34. The molecule has 96 valence electrons. The fraction of sp³-hybridized carbons (Fsp3) is 0.375. The van der Waals surface area contributed by atoms with Gasteiger partial charge in [0.2, 0.25) is 0 Å². The number of rotatable bonds is 3. The van der Waals surface area contributed by atoms with Crippen molar-refractivity contribution in [3.8, 4) is 0 Å². The molecule has 17 heavy (non-hydrogen) atoms. The topological polar surface area (TPSA) is 26.0 Å². The molecule has 1 unspecified atom stereocenters. The van der Waals surface area contributed by atoms with Gasteiger partial charge in [-0.2, -0.15) is 0 Å². The molecular formula is C16H27N. The average molecular weight is 233 g/mol. The van der Waals surface area contributed by atoms with Gasteiger partial charge in [-0.3, -0.25) is 0 Å². The van der Waals surface area contributed by atoms with Crippen LogP contribution in [0.2, 0.25) is 0 Å². The summed E-state index contributed by atoms with van der Waals surface area (Å²) in [5, 5.41) is 0. The van der Waals surface area contributed by atoms with E-state index in [0.717, 1.165) is 12.0 Å². The number of benzene rings is 1. The molecule has 0 saturated carbocycles. The van der Waals surface area contributed by atoms with Gasteiger partial charge >= 0.3 is 0 Å². The van der Waals surface area contributed by atoms with E-state index >= 15 is 0 Å². The molecule has 0 spiro atoms. The standard InChI is InChI=1S/C11H15N.C3H8.C2H4/c1-9(2)11(12)8-10-6-4-3-5-7-10;1-3-2;1-2/h3-7,11H,1,8,12H2,2H3;3H2,1-2H3;1-2H2. The van der Waals surface area contributed by atoms with Crippen LogP contribution in [0.1, 0.15) is 32.8 Å². The van der Waals surface area contributed by atoms with Crippen LogP contribution in [0.5, 0.6) is 0 Å². The molecule has 0 fully saturated rings. The maximum Gasteiger partial charge on any atom is 0.0289 e. The quantitative estimate of drug-likeness (QED) is 0.772. The van der Waals surface area contributed by atoms with Crippen molar-refractivity contribution in [1.82, 2.24) is 0 Å². The number of hydrogen-bond donors (Lipinski definition) is 1. The van der Waals surface area contributed by atoms with E-state index in [0.29, 0.717) is 0 Å². The lowest BCUT2D eigenvalue weighted by atomic mass is 10.0. The summed E-state index contributed by atoms with van der Waals surface area (Å²) in [6.07, 6.45) is 2.14. The summed E-state index contributed by atoms with van der Waals surface area (Å²) in [5.74, 6) is 0. The van der Waals surface area contributed by atoms with E-state index < -0.39 is 0 Å². The Morgan fingerprint density at radius 3 is 1.94 bits per heavy atom. The molecule has 0 heterocycles. The lowest BCUT2D eigenvalue weighted by Gasteiger charge is -2.10. The highest BCUT2D eigenvalue weighted by molar-refractivity contribution is 5.18. The zero-order chi connectivity index (χ0) is 13.7. The molecule has 0 aliphatic rings. The van der Waals surface area contributed by atoms with Crippen molar-refractivity contribution in [2.75, 3.05) is 0 Å². The van der Waals surface area contributed by atoms with E-state index in [2.05, 4.69) is 45.7 Å². The van der Waals surface area contributed by atoms with Gasteiger partial charge < -0.3 is 5.73 Å². The zero-order valence-corrected chi connectivity index (χ0v) is 11.6. The van der Waals surface area contributed by atoms with Gasteiger partial charge in [0.05, 0.1) is 0 Å². The second-order valence-corrected chi connectivity index (χ2v) is 3.85. The van der Waals surface area contributed by atoms with E-state index in [9.17, 15) is 0 Å². The summed E-state index contributed by atoms with van der Waals surface area (Å²) in [5.41, 5.74) is 8.16. The third-order valence-electron chi connectivity index (χ3n) is 1.93. The lowest BCUT2D eigenvalue weighted by molar-refractivity contribution is 0.767. The molecule has 1 atom stereocenters. The van der Waals surface area contributed by atoms with Crippen LogP contribution in [0, 0.1) is 0 Å². The fourth-order valence-electron chi connectivity index (χ4n) is 1.04. The SMILES string of the molecule is C=C.C=C(C)C(N)Cc1ccccc1.CCC. The highest BCUT2D eigenvalue weighted by atomic mass is 14.6. The first-order valence-electron chi connectivity index (χ1n) is 6.06. The van der Waals surface area contributed by atoms with Crippen molar-refractivity contribution in [1.29, 1.82) is 0 Å². The van der Waals surface area contributed by atoms with Gasteiger partial charge in [0.25, 0.3) is 0 Å². The predicted molar refractivity (Wildman–Crippen MR) is 80.2 cm³/mol. The summed E-state index contributed by atoms with van der Waals surface area (Å²) in [6, 6.07) is 10.3. The summed E-state index contributed by atoms with van der Waals surface area (Å²) >= 11 is 0. The highest BCUT2D eigenvalue weighted by Crippen LogP contribution is 2.05. The Labute approximate surface area is 107 Å². The molecule has 0 saturated heterocycles. The Kier molecular flexibility index (Phi) is 13.5. The first-order valence-corrected chi connectivity index (χ1v) is 6.06. The third kappa shape index (κ3) is 10.9. The van der Waals surface area contributed by atoms with Gasteiger partial charge in [-0.25, -0.2) is 0 Å². The van der Waals surface area contributed by atoms with Crippen molar-refractivity contribution >= 4 is 0 Å². The minimum Gasteiger partial charge on any atom is -0.324 e. The number of hydrogen-bond acceptors (Lipinski definition) is 1. The largest absolute Gasteiger partial charge is 0.324 e. The Balaban J connectivity index is 0. The molecule has 1 aromatic rings. The minimum atomic E-state index is 0.0902. The molecule has 0 radical (unpaired) electrons. The Bertz CT molecular complexity index is 277. The van der Waals surface area contributed by atoms with Gasteiger partial charge in [-0.05, 0) is 18.9 Å². The second-order valence-electron chi connectivity index (χ2n) is 3.85. The van der Waals surface area contributed by atoms with Crippen molar-refractivity contribution in [2.24, 2.45) is 5.73 Å². The van der Waals surface area contributed by atoms with Gasteiger partial charge in [-0.1, -0.05) is 62.8 Å². The predicted octanol–water partition coefficient (Wildman–Crippen LogP) is 4.35. The maximum absolute atomic E-state index is 5.85. The van der Waals surface area contributed by atoms with E-state index in [-0.39, 0.29) is 6.04 Å². The molecule has 0 amide bonds. The molecule has 2 N–H and O–H groups in total. The van der Waals surface area contributed by atoms with Crippen molar-refractivity contribution in [3.05, 3.63) is 61.2 Å². The summed E-state index contributed by atoms with van der Waals surface area (Å²) in [6.45, 7) is 16.0. The van der Waals surface area contributed by atoms with Crippen LogP contribution in [0.4, 0.5) is 0 Å². The first kappa shape index (κ1) is 18.0. The second kappa shape index (κ2) is 12.7. The van der Waals surface area contributed by atoms with Crippen LogP contribution >= 0.6 is 0 Å². The van der Waals surface area contributed by atoms with Crippen molar-refractivity contribution in [2.45, 2.75) is 39.7 Å². The Morgan fingerprint density at radius 1 is 1.18 bits per heavy atom. The Hall–Kier alpha value is -1.34. The van der Waals surface area contributed by atoms with Gasteiger partial charge in [0.15, 0.2) is 0 Å². The van der Waals surface area contributed by atoms with E-state index in [1.165, 1.54) is 12.0 Å². The van der Waals surface area contributed by atoms with Gasteiger partial charge in [-0.15, -0.1) is 13.2 Å². The third-order valence-corrected chi connectivity index (χ3v) is 1.93. The zero-order valence-electron chi connectivity index (χ0n) is 11.6. The van der Waals surface area contributed by atoms with Crippen LogP contribution in [0.15, 0.2) is 55.6 Å². The molecule has 1 heteroatoms. The minimum absolute atomic E-state index is 0.0902. The molecule has 0 aliphatic heterocycles. The summed E-state index contributed by atoms with van der Waals surface area (Å²) in [4.78, 5) is 0. The lowest BCUT2D eigenvalue weighted by Crippen LogP contribution is -2.23. The summed E-state index contributed by atoms with van der Waals surface area (Å²) < 4.78 is 0. The molecule has 0 aliphatic carbocycles. The van der Waals surface area contributed by atoms with E-state index in [1.807, 2.05) is 25.1 Å². The molecule has 1 nitrogen and oxygen atoms in total.